The molecule has 0 fully saturated rings. The minimum atomic E-state index is 0.352. The normalized spacial score (nSPS) is 10.8. The standard InChI is InChI=1S/C15H17Cl2NO2/c1-2-3-18-8-11-4-15(19-9-11)10-20-14-6-12(16)5-13(17)7-14/h4-7,9,18H,2-3,8,10H2,1H3. The number of hydrogen-bond donors (Lipinski definition) is 1. The van der Waals surface area contributed by atoms with Gasteiger partial charge in [-0.05, 0) is 37.2 Å². The van der Waals surface area contributed by atoms with Gasteiger partial charge in [0, 0.05) is 22.2 Å². The number of benzene rings is 1. The Hall–Kier alpha value is -1.16. The Bertz CT molecular complexity index is 534. The summed E-state index contributed by atoms with van der Waals surface area (Å²) < 4.78 is 11.1. The predicted octanol–water partition coefficient (Wildman–Crippen LogP) is 4.67. The molecule has 5 heteroatoms. The van der Waals surface area contributed by atoms with Crippen LogP contribution in [0.15, 0.2) is 34.9 Å². The second kappa shape index (κ2) is 7.58. The van der Waals surface area contributed by atoms with Crippen LogP contribution in [0.5, 0.6) is 5.75 Å². The topological polar surface area (TPSA) is 34.4 Å². The molecule has 2 rings (SSSR count). The molecule has 0 atom stereocenters. The van der Waals surface area contributed by atoms with Crippen LogP contribution in [-0.4, -0.2) is 6.54 Å². The number of furan rings is 1. The van der Waals surface area contributed by atoms with Crippen molar-refractivity contribution in [2.75, 3.05) is 6.54 Å². The zero-order valence-corrected chi connectivity index (χ0v) is 12.8. The first-order valence-corrected chi connectivity index (χ1v) is 7.29. The van der Waals surface area contributed by atoms with Crippen molar-refractivity contribution >= 4 is 23.2 Å². The van der Waals surface area contributed by atoms with Crippen LogP contribution < -0.4 is 10.1 Å². The summed E-state index contributed by atoms with van der Waals surface area (Å²) in [6.07, 6.45) is 2.86. The molecular formula is C15H17Cl2NO2. The van der Waals surface area contributed by atoms with Gasteiger partial charge in [0.25, 0.3) is 0 Å². The van der Waals surface area contributed by atoms with Gasteiger partial charge in [-0.1, -0.05) is 30.1 Å². The monoisotopic (exact) mass is 313 g/mol. The number of hydrogen-bond acceptors (Lipinski definition) is 3. The summed E-state index contributed by atoms with van der Waals surface area (Å²) in [5.41, 5.74) is 1.11. The average molecular weight is 314 g/mol. The number of ether oxygens (including phenoxy) is 1. The number of rotatable bonds is 7. The van der Waals surface area contributed by atoms with E-state index in [0.29, 0.717) is 22.4 Å². The first-order valence-electron chi connectivity index (χ1n) is 6.53. The van der Waals surface area contributed by atoms with Crippen LogP contribution in [0, 0.1) is 0 Å². The van der Waals surface area contributed by atoms with Gasteiger partial charge < -0.3 is 14.5 Å². The maximum absolute atomic E-state index is 5.91. The molecule has 0 aliphatic heterocycles. The molecule has 0 unspecified atom stereocenters. The minimum Gasteiger partial charge on any atom is -0.486 e. The molecule has 0 amide bonds. The fourth-order valence-corrected chi connectivity index (χ4v) is 2.28. The summed E-state index contributed by atoms with van der Waals surface area (Å²) >= 11 is 11.8. The largest absolute Gasteiger partial charge is 0.486 e. The molecule has 0 radical (unpaired) electrons. The smallest absolute Gasteiger partial charge is 0.146 e. The van der Waals surface area contributed by atoms with E-state index < -0.39 is 0 Å². The first-order chi connectivity index (χ1) is 9.67. The molecule has 1 heterocycles. The van der Waals surface area contributed by atoms with Crippen LogP contribution in [0.1, 0.15) is 24.7 Å². The lowest BCUT2D eigenvalue weighted by Crippen LogP contribution is -2.13. The molecule has 0 saturated carbocycles. The van der Waals surface area contributed by atoms with Crippen molar-refractivity contribution in [1.82, 2.24) is 5.32 Å². The van der Waals surface area contributed by atoms with E-state index in [2.05, 4.69) is 12.2 Å². The molecule has 0 bridgehead atoms. The molecule has 108 valence electrons. The van der Waals surface area contributed by atoms with E-state index in [-0.39, 0.29) is 0 Å². The highest BCUT2D eigenvalue weighted by atomic mass is 35.5. The molecule has 20 heavy (non-hydrogen) atoms. The SMILES string of the molecule is CCCNCc1coc(COc2cc(Cl)cc(Cl)c2)c1. The highest BCUT2D eigenvalue weighted by molar-refractivity contribution is 6.34. The summed E-state index contributed by atoms with van der Waals surface area (Å²) in [5, 5.41) is 4.42. The Labute approximate surface area is 128 Å². The van der Waals surface area contributed by atoms with Crippen molar-refractivity contribution in [3.05, 3.63) is 51.9 Å². The van der Waals surface area contributed by atoms with E-state index in [1.807, 2.05) is 6.07 Å². The van der Waals surface area contributed by atoms with Gasteiger partial charge in [0.2, 0.25) is 0 Å². The molecule has 0 spiro atoms. The Morgan fingerprint density at radius 2 is 1.90 bits per heavy atom. The number of halogens is 2. The third-order valence-corrected chi connectivity index (χ3v) is 3.12. The Morgan fingerprint density at radius 1 is 1.15 bits per heavy atom. The molecule has 0 aliphatic carbocycles. The van der Waals surface area contributed by atoms with Crippen molar-refractivity contribution in [3.63, 3.8) is 0 Å². The summed E-state index contributed by atoms with van der Waals surface area (Å²) in [4.78, 5) is 0. The van der Waals surface area contributed by atoms with E-state index in [4.69, 9.17) is 32.4 Å². The van der Waals surface area contributed by atoms with Crippen molar-refractivity contribution in [3.8, 4) is 5.75 Å². The molecule has 0 saturated heterocycles. The van der Waals surface area contributed by atoms with Crippen LogP contribution in [0.4, 0.5) is 0 Å². The van der Waals surface area contributed by atoms with E-state index >= 15 is 0 Å². The fourth-order valence-electron chi connectivity index (χ4n) is 1.77. The molecule has 3 nitrogen and oxygen atoms in total. The lowest BCUT2D eigenvalue weighted by atomic mass is 10.3. The molecule has 1 aromatic heterocycles. The van der Waals surface area contributed by atoms with Gasteiger partial charge >= 0.3 is 0 Å². The van der Waals surface area contributed by atoms with Gasteiger partial charge in [0.1, 0.15) is 18.1 Å². The molecule has 0 aliphatic rings. The third-order valence-electron chi connectivity index (χ3n) is 2.68. The molecule has 1 aromatic carbocycles. The summed E-state index contributed by atoms with van der Waals surface area (Å²) in [6.45, 7) is 4.29. The second-order valence-corrected chi connectivity index (χ2v) is 5.36. The predicted molar refractivity (Wildman–Crippen MR) is 81.5 cm³/mol. The Balaban J connectivity index is 1.87. The number of nitrogens with one attached hydrogen (secondary N) is 1. The Kier molecular flexibility index (Phi) is 5.77. The quantitative estimate of drug-likeness (QED) is 0.755. The lowest BCUT2D eigenvalue weighted by molar-refractivity contribution is 0.270. The molecule has 2 aromatic rings. The highest BCUT2D eigenvalue weighted by Gasteiger charge is 2.04. The summed E-state index contributed by atoms with van der Waals surface area (Å²) in [6, 6.07) is 7.09. The van der Waals surface area contributed by atoms with E-state index in [9.17, 15) is 0 Å². The second-order valence-electron chi connectivity index (χ2n) is 4.49. The van der Waals surface area contributed by atoms with Gasteiger partial charge in [-0.15, -0.1) is 0 Å². The maximum Gasteiger partial charge on any atom is 0.146 e. The van der Waals surface area contributed by atoms with Crippen LogP contribution in [-0.2, 0) is 13.2 Å². The van der Waals surface area contributed by atoms with Gasteiger partial charge in [-0.2, -0.15) is 0 Å². The van der Waals surface area contributed by atoms with Crippen LogP contribution in [0.2, 0.25) is 10.0 Å². The van der Waals surface area contributed by atoms with Crippen molar-refractivity contribution in [1.29, 1.82) is 0 Å². The zero-order chi connectivity index (χ0) is 14.4. The lowest BCUT2D eigenvalue weighted by Gasteiger charge is -2.05. The van der Waals surface area contributed by atoms with Gasteiger partial charge in [-0.25, -0.2) is 0 Å². The minimum absolute atomic E-state index is 0.352. The fraction of sp³-hybridized carbons (Fsp3) is 0.333. The molecule has 1 N–H and O–H groups in total. The Morgan fingerprint density at radius 3 is 2.60 bits per heavy atom. The molecular weight excluding hydrogens is 297 g/mol. The third kappa shape index (κ3) is 4.75. The van der Waals surface area contributed by atoms with Gasteiger partial charge in [0.15, 0.2) is 0 Å². The zero-order valence-electron chi connectivity index (χ0n) is 11.3. The summed E-state index contributed by atoms with van der Waals surface area (Å²) in [5.74, 6) is 1.40. The van der Waals surface area contributed by atoms with E-state index in [1.54, 1.807) is 24.5 Å². The van der Waals surface area contributed by atoms with Crippen molar-refractivity contribution < 1.29 is 9.15 Å². The van der Waals surface area contributed by atoms with Crippen molar-refractivity contribution in [2.24, 2.45) is 0 Å². The maximum atomic E-state index is 5.91. The van der Waals surface area contributed by atoms with Crippen molar-refractivity contribution in [2.45, 2.75) is 26.5 Å². The average Bonchev–Trinajstić information content (AvgIpc) is 2.84. The summed E-state index contributed by atoms with van der Waals surface area (Å²) in [7, 11) is 0. The van der Waals surface area contributed by atoms with Gasteiger partial charge in [-0.3, -0.25) is 0 Å². The highest BCUT2D eigenvalue weighted by Crippen LogP contribution is 2.25. The van der Waals surface area contributed by atoms with E-state index in [1.165, 1.54) is 0 Å². The van der Waals surface area contributed by atoms with Crippen LogP contribution in [0.25, 0.3) is 0 Å². The van der Waals surface area contributed by atoms with Crippen LogP contribution >= 0.6 is 23.2 Å². The van der Waals surface area contributed by atoms with Crippen LogP contribution in [0.3, 0.4) is 0 Å². The first kappa shape index (κ1) is 15.2. The van der Waals surface area contributed by atoms with Gasteiger partial charge in [0.05, 0.1) is 6.26 Å². The van der Waals surface area contributed by atoms with E-state index in [0.717, 1.165) is 30.8 Å².